The minimum absolute atomic E-state index is 0.0677. The van der Waals surface area contributed by atoms with Crippen molar-refractivity contribution >= 4 is 39.9 Å². The summed E-state index contributed by atoms with van der Waals surface area (Å²) in [5.41, 5.74) is 1.35. The van der Waals surface area contributed by atoms with Crippen molar-refractivity contribution in [2.24, 2.45) is 0 Å². The third-order valence-electron chi connectivity index (χ3n) is 6.03. The first-order valence-electron chi connectivity index (χ1n) is 12.3. The smallest absolute Gasteiger partial charge is 0.319 e. The third kappa shape index (κ3) is 7.01. The van der Waals surface area contributed by atoms with E-state index in [9.17, 15) is 9.90 Å². The van der Waals surface area contributed by atoms with Crippen molar-refractivity contribution in [1.29, 1.82) is 0 Å². The topological polar surface area (TPSA) is 100 Å². The molecule has 1 aliphatic carbocycles. The molecule has 4 rings (SSSR count). The number of nitrogens with zero attached hydrogens (tertiary/aromatic N) is 3. The van der Waals surface area contributed by atoms with Gasteiger partial charge in [0, 0.05) is 30.2 Å². The van der Waals surface area contributed by atoms with Gasteiger partial charge in [0.25, 0.3) is 0 Å². The van der Waals surface area contributed by atoms with Gasteiger partial charge in [0.2, 0.25) is 5.69 Å². The van der Waals surface area contributed by atoms with Crippen LogP contribution in [-0.4, -0.2) is 59.4 Å². The second kappa shape index (κ2) is 12.1. The van der Waals surface area contributed by atoms with E-state index in [1.807, 2.05) is 13.8 Å². The number of urea groups is 1. The quantitative estimate of drug-likeness (QED) is 0.283. The van der Waals surface area contributed by atoms with Crippen molar-refractivity contribution in [1.82, 2.24) is 15.2 Å². The fraction of sp³-hybridized carbons (Fsp3) is 0.370. The summed E-state index contributed by atoms with van der Waals surface area (Å²) in [5, 5.41) is 16.9. The molecule has 10 heteroatoms. The van der Waals surface area contributed by atoms with E-state index in [0.29, 0.717) is 51.1 Å². The number of carbonyl (C=O) groups excluding carboxylic acids is 1. The number of hydrogen-bond acceptors (Lipinski definition) is 6. The number of benzene rings is 2. The van der Waals surface area contributed by atoms with Crippen molar-refractivity contribution in [3.05, 3.63) is 59.0 Å². The summed E-state index contributed by atoms with van der Waals surface area (Å²) in [4.78, 5) is 22.1. The molecule has 0 spiro atoms. The molecule has 1 heterocycles. The number of anilines is 1. The van der Waals surface area contributed by atoms with Crippen molar-refractivity contribution < 1.29 is 19.4 Å². The molecule has 1 saturated carbocycles. The first-order chi connectivity index (χ1) is 17.9. The van der Waals surface area contributed by atoms with Crippen LogP contribution >= 0.6 is 11.6 Å². The highest BCUT2D eigenvalue weighted by Crippen LogP contribution is 2.38. The molecular weight excluding hydrogens is 494 g/mol. The van der Waals surface area contributed by atoms with Gasteiger partial charge in [0.15, 0.2) is 0 Å². The lowest BCUT2D eigenvalue weighted by Crippen LogP contribution is -2.35. The Kier molecular flexibility index (Phi) is 8.66. The van der Waals surface area contributed by atoms with E-state index >= 15 is 0 Å². The number of carbonyl (C=O) groups is 1. The van der Waals surface area contributed by atoms with Gasteiger partial charge in [-0.2, -0.15) is 0 Å². The van der Waals surface area contributed by atoms with E-state index in [2.05, 4.69) is 25.4 Å². The summed E-state index contributed by atoms with van der Waals surface area (Å²) in [6, 6.07) is 9.99. The number of amides is 2. The average Bonchev–Trinajstić information content (AvgIpc) is 3.71. The number of halogens is 1. The van der Waals surface area contributed by atoms with Gasteiger partial charge >= 0.3 is 6.03 Å². The van der Waals surface area contributed by atoms with Crippen LogP contribution < -0.4 is 20.1 Å². The molecule has 0 saturated heterocycles. The van der Waals surface area contributed by atoms with Gasteiger partial charge in [0.1, 0.15) is 30.0 Å². The number of aliphatic hydroxyl groups excluding tert-OH is 1. The van der Waals surface area contributed by atoms with Gasteiger partial charge in [-0.3, -0.25) is 4.98 Å². The van der Waals surface area contributed by atoms with E-state index in [-0.39, 0.29) is 18.7 Å². The Morgan fingerprint density at radius 2 is 2.03 bits per heavy atom. The van der Waals surface area contributed by atoms with Crippen molar-refractivity contribution in [3.8, 4) is 17.2 Å². The van der Waals surface area contributed by atoms with Crippen LogP contribution in [0.15, 0.2) is 42.6 Å². The Bertz CT molecular complexity index is 1300. The minimum Gasteiger partial charge on any atom is -0.502 e. The van der Waals surface area contributed by atoms with E-state index in [4.69, 9.17) is 27.6 Å². The molecular formula is C27H30ClN5O4. The van der Waals surface area contributed by atoms with Crippen LogP contribution in [0.25, 0.3) is 15.7 Å². The second-order valence-corrected chi connectivity index (χ2v) is 9.23. The van der Waals surface area contributed by atoms with Crippen LogP contribution in [0, 0.1) is 6.57 Å². The number of hydrogen-bond donors (Lipinski definition) is 3. The molecule has 3 aromatic rings. The predicted octanol–water partition coefficient (Wildman–Crippen LogP) is 5.60. The molecule has 1 aliphatic rings. The molecule has 1 aromatic heterocycles. The maximum atomic E-state index is 12.0. The molecule has 1 fully saturated rings. The molecule has 2 aromatic carbocycles. The van der Waals surface area contributed by atoms with Crippen molar-refractivity contribution in [3.63, 3.8) is 0 Å². The van der Waals surface area contributed by atoms with E-state index < -0.39 is 6.10 Å². The molecule has 3 N–H and O–H groups in total. The molecule has 0 bridgehead atoms. The van der Waals surface area contributed by atoms with Crippen LogP contribution in [0.5, 0.6) is 17.2 Å². The lowest BCUT2D eigenvalue weighted by atomic mass is 10.1. The standard InChI is InChI=1S/C27H30ClN5O4/c1-4-33(5-2)15-18(34)16-36-26-14-23-20(13-24(26)29-3)25(10-11-30-23)37-19-8-9-22(21(28)12-19)32-27(35)31-17-6-7-17/h8-14,17-18,34H,4-7,15-16H2,1-2H3,(H2,31,32,35)/t18-/m1/s1. The Morgan fingerprint density at radius 1 is 1.24 bits per heavy atom. The van der Waals surface area contributed by atoms with Gasteiger partial charge in [-0.1, -0.05) is 25.4 Å². The molecule has 194 valence electrons. The summed E-state index contributed by atoms with van der Waals surface area (Å²) >= 11 is 6.37. The minimum atomic E-state index is -0.682. The number of ether oxygens (including phenoxy) is 2. The first kappa shape index (κ1) is 26.5. The number of pyridine rings is 1. The van der Waals surface area contributed by atoms with Gasteiger partial charge in [0.05, 0.1) is 22.8 Å². The molecule has 9 nitrogen and oxygen atoms in total. The van der Waals surface area contributed by atoms with E-state index in [0.717, 1.165) is 25.9 Å². The first-order valence-corrected chi connectivity index (χ1v) is 12.7. The molecule has 1 atom stereocenters. The number of nitrogens with one attached hydrogen (secondary N) is 2. The highest BCUT2D eigenvalue weighted by molar-refractivity contribution is 6.33. The molecule has 2 amide bonds. The van der Waals surface area contributed by atoms with Crippen molar-refractivity contribution in [2.75, 3.05) is 31.6 Å². The third-order valence-corrected chi connectivity index (χ3v) is 6.34. The van der Waals surface area contributed by atoms with Gasteiger partial charge in [-0.15, -0.1) is 0 Å². The molecule has 0 radical (unpaired) electrons. The summed E-state index contributed by atoms with van der Waals surface area (Å²) in [6.07, 6.45) is 2.91. The zero-order valence-electron chi connectivity index (χ0n) is 20.8. The number of aliphatic hydroxyl groups is 1. The number of fused-ring (bicyclic) bond motifs is 1. The Hall–Kier alpha value is -3.58. The maximum absolute atomic E-state index is 12.0. The lowest BCUT2D eigenvalue weighted by molar-refractivity contribution is 0.0720. The van der Waals surface area contributed by atoms with Crippen molar-refractivity contribution in [2.45, 2.75) is 38.8 Å². The van der Waals surface area contributed by atoms with Crippen LogP contribution in [0.2, 0.25) is 5.02 Å². The fourth-order valence-electron chi connectivity index (χ4n) is 3.81. The SMILES string of the molecule is [C-]#[N+]c1cc2c(Oc3ccc(NC(=O)NC4CC4)c(Cl)c3)ccnc2cc1OC[C@H](O)CN(CC)CC. The molecule has 37 heavy (non-hydrogen) atoms. The normalized spacial score (nSPS) is 13.7. The van der Waals surface area contributed by atoms with E-state index in [1.54, 1.807) is 42.6 Å². The summed E-state index contributed by atoms with van der Waals surface area (Å²) < 4.78 is 11.9. The summed E-state index contributed by atoms with van der Waals surface area (Å²) in [7, 11) is 0. The number of aromatic nitrogens is 1. The monoisotopic (exact) mass is 523 g/mol. The maximum Gasteiger partial charge on any atom is 0.319 e. The molecule has 0 unspecified atom stereocenters. The van der Waals surface area contributed by atoms with Crippen LogP contribution in [0.3, 0.4) is 0 Å². The Morgan fingerprint density at radius 3 is 2.70 bits per heavy atom. The zero-order valence-corrected chi connectivity index (χ0v) is 21.6. The highest BCUT2D eigenvalue weighted by atomic mass is 35.5. The zero-order chi connectivity index (χ0) is 26.4. The van der Waals surface area contributed by atoms with Crippen LogP contribution in [0.4, 0.5) is 16.2 Å². The number of likely N-dealkylation sites (N-methyl/N-ethyl adjacent to an activating group) is 1. The van der Waals surface area contributed by atoms with Gasteiger partial charge < -0.3 is 30.1 Å². The second-order valence-electron chi connectivity index (χ2n) is 8.83. The van der Waals surface area contributed by atoms with Gasteiger partial charge in [-0.25, -0.2) is 9.64 Å². The molecule has 0 aliphatic heterocycles. The van der Waals surface area contributed by atoms with Crippen LogP contribution in [-0.2, 0) is 0 Å². The Labute approximate surface area is 221 Å². The fourth-order valence-corrected chi connectivity index (χ4v) is 4.02. The predicted molar refractivity (Wildman–Crippen MR) is 144 cm³/mol. The Balaban J connectivity index is 1.49. The average molecular weight is 524 g/mol. The van der Waals surface area contributed by atoms with Gasteiger partial charge in [-0.05, 0) is 56.3 Å². The van der Waals surface area contributed by atoms with E-state index in [1.165, 1.54) is 0 Å². The number of rotatable bonds is 11. The largest absolute Gasteiger partial charge is 0.502 e. The highest BCUT2D eigenvalue weighted by Gasteiger charge is 2.23. The summed E-state index contributed by atoms with van der Waals surface area (Å²) in [5.74, 6) is 1.31. The lowest BCUT2D eigenvalue weighted by Gasteiger charge is -2.22. The summed E-state index contributed by atoms with van der Waals surface area (Å²) in [6.45, 7) is 13.9. The van der Waals surface area contributed by atoms with Crippen LogP contribution in [0.1, 0.15) is 26.7 Å².